The maximum Gasteiger partial charge on any atom is 0.226 e. The number of H-pyrrole nitrogens is 1. The highest BCUT2D eigenvalue weighted by Crippen LogP contribution is 2.37. The molecule has 3 rings (SSSR count). The Hall–Kier alpha value is -2.34. The van der Waals surface area contributed by atoms with E-state index in [0.717, 1.165) is 29.0 Å². The molecule has 0 bridgehead atoms. The predicted octanol–water partition coefficient (Wildman–Crippen LogP) is 2.34. The number of hydrogen-bond donors (Lipinski definition) is 2. The first-order chi connectivity index (χ1) is 11.1. The molecule has 122 valence electrons. The third kappa shape index (κ3) is 3.22. The zero-order chi connectivity index (χ0) is 16.4. The largest absolute Gasteiger partial charge is 0.494 e. The molecule has 0 spiro atoms. The fourth-order valence-corrected chi connectivity index (χ4v) is 3.02. The summed E-state index contributed by atoms with van der Waals surface area (Å²) in [5, 5.41) is 9.74. The van der Waals surface area contributed by atoms with E-state index in [2.05, 4.69) is 26.5 Å². The van der Waals surface area contributed by atoms with Crippen LogP contribution in [0.3, 0.4) is 0 Å². The number of fused-ring (bicyclic) bond motifs is 1. The molecule has 1 aromatic heterocycles. The quantitative estimate of drug-likeness (QED) is 0.889. The number of nitrogens with one attached hydrogen (secondary N) is 2. The van der Waals surface area contributed by atoms with Crippen molar-refractivity contribution in [2.45, 2.75) is 25.8 Å². The zero-order valence-electron chi connectivity index (χ0n) is 13.7. The van der Waals surface area contributed by atoms with Crippen molar-refractivity contribution in [1.82, 2.24) is 15.1 Å². The van der Waals surface area contributed by atoms with E-state index in [1.54, 1.807) is 6.20 Å². The van der Waals surface area contributed by atoms with Crippen LogP contribution in [0.5, 0.6) is 5.75 Å². The van der Waals surface area contributed by atoms with E-state index >= 15 is 0 Å². The third-order valence-corrected chi connectivity index (χ3v) is 3.97. The molecule has 1 amide bonds. The summed E-state index contributed by atoms with van der Waals surface area (Å²) in [5.74, 6) is 1.64. The van der Waals surface area contributed by atoms with Gasteiger partial charge in [-0.25, -0.2) is 0 Å². The van der Waals surface area contributed by atoms with Gasteiger partial charge in [0.2, 0.25) is 5.91 Å². The summed E-state index contributed by atoms with van der Waals surface area (Å²) in [6.07, 6.45) is 2.23. The van der Waals surface area contributed by atoms with Crippen LogP contribution in [0.1, 0.15) is 36.0 Å². The van der Waals surface area contributed by atoms with Crippen LogP contribution >= 0.6 is 0 Å². The number of anilines is 1. The first-order valence-corrected chi connectivity index (χ1v) is 7.82. The average molecular weight is 314 g/mol. The van der Waals surface area contributed by atoms with Gasteiger partial charge in [0.25, 0.3) is 0 Å². The van der Waals surface area contributed by atoms with Crippen LogP contribution in [0.4, 0.5) is 5.82 Å². The fourth-order valence-electron chi connectivity index (χ4n) is 3.02. The molecular weight excluding hydrogens is 292 g/mol. The molecule has 1 aromatic carbocycles. The lowest BCUT2D eigenvalue weighted by molar-refractivity contribution is -0.116. The Bertz CT molecular complexity index is 708. The van der Waals surface area contributed by atoms with Crippen LogP contribution in [-0.4, -0.2) is 41.7 Å². The molecule has 6 nitrogen and oxygen atoms in total. The van der Waals surface area contributed by atoms with Crippen LogP contribution < -0.4 is 10.1 Å². The standard InChI is InChI=1S/C17H22N4O2/c1-4-23-15-6-5-11(7-12(15)10-21(2)3)13-8-16(22)19-17-14(13)9-18-20-17/h5-7,9,13H,4,8,10H2,1-3H3,(H2,18,19,20,22). The van der Waals surface area contributed by atoms with E-state index in [1.165, 1.54) is 0 Å². The molecule has 0 aliphatic carbocycles. The number of amides is 1. The van der Waals surface area contributed by atoms with Crippen LogP contribution in [0.2, 0.25) is 0 Å². The molecule has 1 atom stereocenters. The highest BCUT2D eigenvalue weighted by molar-refractivity contribution is 5.94. The number of aromatic amines is 1. The number of aromatic nitrogens is 2. The lowest BCUT2D eigenvalue weighted by Crippen LogP contribution is -2.23. The molecule has 6 heteroatoms. The lowest BCUT2D eigenvalue weighted by Gasteiger charge is -2.24. The van der Waals surface area contributed by atoms with E-state index in [4.69, 9.17) is 4.74 Å². The molecule has 0 fully saturated rings. The minimum atomic E-state index is 0.00907. The normalized spacial score (nSPS) is 17.0. The van der Waals surface area contributed by atoms with E-state index in [-0.39, 0.29) is 11.8 Å². The fraction of sp³-hybridized carbons (Fsp3) is 0.412. The molecular formula is C17H22N4O2. The van der Waals surface area contributed by atoms with Crippen LogP contribution in [-0.2, 0) is 11.3 Å². The molecule has 1 unspecified atom stereocenters. The second-order valence-corrected chi connectivity index (χ2v) is 6.04. The summed E-state index contributed by atoms with van der Waals surface area (Å²) in [7, 11) is 4.06. The molecule has 1 aliphatic rings. The van der Waals surface area contributed by atoms with Crippen LogP contribution in [0.25, 0.3) is 0 Å². The average Bonchev–Trinajstić information content (AvgIpc) is 2.96. The molecule has 23 heavy (non-hydrogen) atoms. The Kier molecular flexibility index (Phi) is 4.34. The summed E-state index contributed by atoms with van der Waals surface area (Å²) in [6.45, 7) is 3.41. The number of nitrogens with zero attached hydrogens (tertiary/aromatic N) is 2. The Labute approximate surface area is 135 Å². The third-order valence-electron chi connectivity index (χ3n) is 3.97. The van der Waals surface area contributed by atoms with Gasteiger partial charge in [-0.15, -0.1) is 0 Å². The van der Waals surface area contributed by atoms with Crippen molar-refractivity contribution in [3.8, 4) is 5.75 Å². The van der Waals surface area contributed by atoms with Gasteiger partial charge in [0.15, 0.2) is 0 Å². The van der Waals surface area contributed by atoms with Gasteiger partial charge < -0.3 is 15.0 Å². The van der Waals surface area contributed by atoms with Crippen LogP contribution in [0, 0.1) is 0 Å². The predicted molar refractivity (Wildman–Crippen MR) is 88.7 cm³/mol. The van der Waals surface area contributed by atoms with Gasteiger partial charge in [0, 0.05) is 30.0 Å². The molecule has 2 N–H and O–H groups in total. The van der Waals surface area contributed by atoms with Gasteiger partial charge in [-0.1, -0.05) is 12.1 Å². The topological polar surface area (TPSA) is 70.2 Å². The highest BCUT2D eigenvalue weighted by atomic mass is 16.5. The second kappa shape index (κ2) is 6.42. The molecule has 2 heterocycles. The SMILES string of the molecule is CCOc1ccc(C2CC(=O)Nc3[nH]ncc32)cc1CN(C)C. The summed E-state index contributed by atoms with van der Waals surface area (Å²) in [6, 6.07) is 6.19. The second-order valence-electron chi connectivity index (χ2n) is 6.04. The number of benzene rings is 1. The Morgan fingerprint density at radius 3 is 2.96 bits per heavy atom. The van der Waals surface area contributed by atoms with Crippen molar-refractivity contribution < 1.29 is 9.53 Å². The van der Waals surface area contributed by atoms with Gasteiger partial charge in [-0.2, -0.15) is 5.10 Å². The summed E-state index contributed by atoms with van der Waals surface area (Å²) < 4.78 is 5.73. The highest BCUT2D eigenvalue weighted by Gasteiger charge is 2.28. The molecule has 2 aromatic rings. The van der Waals surface area contributed by atoms with E-state index in [0.29, 0.717) is 18.8 Å². The molecule has 0 saturated carbocycles. The van der Waals surface area contributed by atoms with Gasteiger partial charge in [-0.3, -0.25) is 9.89 Å². The maximum absolute atomic E-state index is 11.9. The van der Waals surface area contributed by atoms with Crippen molar-refractivity contribution in [1.29, 1.82) is 0 Å². The van der Waals surface area contributed by atoms with Crippen molar-refractivity contribution >= 4 is 11.7 Å². The van der Waals surface area contributed by atoms with Crippen molar-refractivity contribution in [3.05, 3.63) is 41.1 Å². The van der Waals surface area contributed by atoms with Crippen molar-refractivity contribution in [3.63, 3.8) is 0 Å². The zero-order valence-corrected chi connectivity index (χ0v) is 13.7. The molecule has 0 radical (unpaired) electrons. The first-order valence-electron chi connectivity index (χ1n) is 7.82. The van der Waals surface area contributed by atoms with Crippen LogP contribution in [0.15, 0.2) is 24.4 Å². The minimum absolute atomic E-state index is 0.00907. The van der Waals surface area contributed by atoms with Gasteiger partial charge >= 0.3 is 0 Å². The van der Waals surface area contributed by atoms with E-state index in [9.17, 15) is 4.79 Å². The lowest BCUT2D eigenvalue weighted by atomic mass is 9.86. The Morgan fingerprint density at radius 2 is 2.22 bits per heavy atom. The minimum Gasteiger partial charge on any atom is -0.494 e. The number of carbonyl (C=O) groups excluding carboxylic acids is 1. The van der Waals surface area contributed by atoms with E-state index < -0.39 is 0 Å². The van der Waals surface area contributed by atoms with Gasteiger partial charge in [-0.05, 0) is 32.6 Å². The molecule has 0 saturated heterocycles. The number of rotatable bonds is 5. The number of hydrogen-bond acceptors (Lipinski definition) is 4. The van der Waals surface area contributed by atoms with Gasteiger partial charge in [0.1, 0.15) is 11.6 Å². The summed E-state index contributed by atoms with van der Waals surface area (Å²) in [4.78, 5) is 14.1. The molecule has 1 aliphatic heterocycles. The van der Waals surface area contributed by atoms with Crippen molar-refractivity contribution in [2.24, 2.45) is 0 Å². The monoisotopic (exact) mass is 314 g/mol. The van der Waals surface area contributed by atoms with E-state index in [1.807, 2.05) is 33.2 Å². The van der Waals surface area contributed by atoms with Crippen molar-refractivity contribution in [2.75, 3.05) is 26.0 Å². The summed E-state index contributed by atoms with van der Waals surface area (Å²) >= 11 is 0. The van der Waals surface area contributed by atoms with Gasteiger partial charge in [0.05, 0.1) is 12.8 Å². The maximum atomic E-state index is 11.9. The Balaban J connectivity index is 1.99. The Morgan fingerprint density at radius 1 is 1.39 bits per heavy atom. The first kappa shape index (κ1) is 15.6. The smallest absolute Gasteiger partial charge is 0.226 e. The number of ether oxygens (including phenoxy) is 1. The summed E-state index contributed by atoms with van der Waals surface area (Å²) in [5.41, 5.74) is 3.28. The number of carbonyl (C=O) groups is 1.